The summed E-state index contributed by atoms with van der Waals surface area (Å²) >= 11 is 0. The molecule has 0 saturated carbocycles. The van der Waals surface area contributed by atoms with Gasteiger partial charge < -0.3 is 19.6 Å². The average Bonchev–Trinajstić information content (AvgIpc) is 3.75. The van der Waals surface area contributed by atoms with Gasteiger partial charge in [-0.2, -0.15) is 13.4 Å². The largest absolute Gasteiger partial charge is 0.507 e. The van der Waals surface area contributed by atoms with Gasteiger partial charge in [0, 0.05) is 32.3 Å². The van der Waals surface area contributed by atoms with Gasteiger partial charge in [0.15, 0.2) is 11.5 Å². The molecule has 0 aliphatic carbocycles. The van der Waals surface area contributed by atoms with Crippen LogP contribution in [0.2, 0.25) is 0 Å². The quantitative estimate of drug-likeness (QED) is 0.191. The molecule has 1 unspecified atom stereocenters. The Balaban J connectivity index is 1.33. The zero-order chi connectivity index (χ0) is 40.6. The number of carbonyl (C=O) groups is 1. The Morgan fingerprint density at radius 3 is 2.56 bits per heavy atom. The summed E-state index contributed by atoms with van der Waals surface area (Å²) in [5.41, 5.74) is 0.314. The molecule has 7 rings (SSSR count). The summed E-state index contributed by atoms with van der Waals surface area (Å²) in [5.74, 6) is -2.64. The number of aromatic nitrogens is 7. The number of amides is 1. The van der Waals surface area contributed by atoms with E-state index in [0.717, 1.165) is 28.9 Å². The molecule has 18 heteroatoms. The molecule has 1 N–H and O–H groups in total. The van der Waals surface area contributed by atoms with Gasteiger partial charge in [-0.3, -0.25) is 9.78 Å². The number of ether oxygens (including phenoxy) is 1. The van der Waals surface area contributed by atoms with E-state index in [1.54, 1.807) is 48.0 Å². The van der Waals surface area contributed by atoms with Gasteiger partial charge in [-0.05, 0) is 60.4 Å². The second-order valence-corrected chi connectivity index (χ2v) is 15.7. The smallest absolute Gasteiger partial charge is 0.355 e. The van der Waals surface area contributed by atoms with E-state index in [0.29, 0.717) is 22.5 Å². The first-order chi connectivity index (χ1) is 27.3. The van der Waals surface area contributed by atoms with Crippen molar-refractivity contribution < 1.29 is 31.8 Å². The Morgan fingerprint density at radius 1 is 1.05 bits per heavy atom. The number of aromatic hydroxyl groups is 1. The third kappa shape index (κ3) is 7.44. The van der Waals surface area contributed by atoms with Crippen molar-refractivity contribution in [2.45, 2.75) is 57.6 Å². The molecule has 2 aromatic carbocycles. The normalized spacial score (nSPS) is 14.8. The number of halogens is 2. The second-order valence-electron chi connectivity index (χ2n) is 13.9. The lowest BCUT2D eigenvalue weighted by molar-refractivity contribution is -0.132. The average molecular weight is 800 g/mol. The first-order valence-electron chi connectivity index (χ1n) is 18.2. The van der Waals surface area contributed by atoms with Crippen LogP contribution in [0.4, 0.5) is 14.6 Å². The first-order valence-corrected chi connectivity index (χ1v) is 19.6. The highest BCUT2D eigenvalue weighted by atomic mass is 32.2. The predicted molar refractivity (Wildman–Crippen MR) is 205 cm³/mol. The summed E-state index contributed by atoms with van der Waals surface area (Å²) in [6.45, 7) is 7.91. The zero-order valence-corrected chi connectivity index (χ0v) is 32.3. The molecule has 4 aromatic heterocycles. The minimum absolute atomic E-state index is 0.0177. The van der Waals surface area contributed by atoms with Crippen molar-refractivity contribution in [2.24, 2.45) is 0 Å². The molecule has 5 heterocycles. The number of rotatable bonds is 11. The molecule has 0 radical (unpaired) electrons. The number of aryl methyl sites for hydroxylation is 1. The molecule has 57 heavy (non-hydrogen) atoms. The molecule has 1 fully saturated rings. The molecule has 0 spiro atoms. The van der Waals surface area contributed by atoms with Crippen LogP contribution in [-0.4, -0.2) is 90.3 Å². The molecular formula is C39H39F2N9O6S. The van der Waals surface area contributed by atoms with E-state index in [-0.39, 0.29) is 72.8 Å². The van der Waals surface area contributed by atoms with E-state index < -0.39 is 50.4 Å². The molecule has 296 valence electrons. The van der Waals surface area contributed by atoms with Gasteiger partial charge in [-0.1, -0.05) is 39.0 Å². The second kappa shape index (κ2) is 15.8. The molecule has 1 aliphatic heterocycles. The summed E-state index contributed by atoms with van der Waals surface area (Å²) in [6, 6.07) is 11.9. The van der Waals surface area contributed by atoms with Crippen molar-refractivity contribution in [3.63, 3.8) is 0 Å². The molecule has 1 atom stereocenters. The van der Waals surface area contributed by atoms with Gasteiger partial charge in [0.05, 0.1) is 46.5 Å². The topological polar surface area (TPSA) is 179 Å². The number of hydrogen-bond acceptors (Lipinski definition) is 12. The molecule has 1 saturated heterocycles. The third-order valence-electron chi connectivity index (χ3n) is 9.78. The SMILES string of the molecule is CCC(=O)N1CCN(c2nc(=O)n(-c3c(C)ccnc3C(C)C)c3nc(-c4c(O)cccc4F)c(F)cc23)C(COCc2cccc(S(=O)(=O)n3cncn3)c2)C1. The maximum Gasteiger partial charge on any atom is 0.355 e. The Hall–Kier alpha value is -6.14. The van der Waals surface area contributed by atoms with E-state index >= 15 is 8.78 Å². The molecule has 0 bridgehead atoms. The Labute approximate surface area is 326 Å². The number of piperazine rings is 1. The molecule has 1 amide bonds. The monoisotopic (exact) mass is 799 g/mol. The number of benzene rings is 2. The molecular weight excluding hydrogens is 761 g/mol. The highest BCUT2D eigenvalue weighted by molar-refractivity contribution is 7.89. The van der Waals surface area contributed by atoms with Gasteiger partial charge in [0.1, 0.15) is 35.7 Å². The van der Waals surface area contributed by atoms with Gasteiger partial charge in [0.25, 0.3) is 10.0 Å². The fourth-order valence-corrected chi connectivity index (χ4v) is 8.11. The van der Waals surface area contributed by atoms with Crippen molar-refractivity contribution >= 4 is 32.8 Å². The lowest BCUT2D eigenvalue weighted by Gasteiger charge is -2.42. The zero-order valence-electron chi connectivity index (χ0n) is 31.5. The highest BCUT2D eigenvalue weighted by Gasteiger charge is 2.34. The van der Waals surface area contributed by atoms with Gasteiger partial charge >= 0.3 is 5.69 Å². The number of nitrogens with zero attached hydrogens (tertiary/aromatic N) is 9. The van der Waals surface area contributed by atoms with Gasteiger partial charge in [0.2, 0.25) is 5.91 Å². The van der Waals surface area contributed by atoms with E-state index in [4.69, 9.17) is 4.74 Å². The van der Waals surface area contributed by atoms with E-state index in [1.807, 2.05) is 13.8 Å². The standard InChI is InChI=1S/C39H39F2N9O6S/c1-5-32(52)47-14-15-48(26(18-47)20-56-19-25-8-6-9-27(16-25)57(54,55)49-22-42-21-44-49)37-28-17-30(41)35(33-29(40)10-7-11-31(33)51)45-38(28)50(39(53)46-37)36-24(4)12-13-43-34(36)23(2)3/h6-13,16-17,21-23,26,51H,5,14-15,18-20H2,1-4H3. The summed E-state index contributed by atoms with van der Waals surface area (Å²) in [6.07, 6.45) is 4.07. The lowest BCUT2D eigenvalue weighted by atomic mass is 10.0. The summed E-state index contributed by atoms with van der Waals surface area (Å²) in [4.78, 5) is 48.1. The lowest BCUT2D eigenvalue weighted by Crippen LogP contribution is -2.57. The van der Waals surface area contributed by atoms with Gasteiger partial charge in [-0.25, -0.2) is 28.1 Å². The minimum atomic E-state index is -4.00. The van der Waals surface area contributed by atoms with Crippen molar-refractivity contribution in [1.82, 2.24) is 38.6 Å². The molecule has 6 aromatic rings. The Kier molecular flexibility index (Phi) is 10.8. The fourth-order valence-electron chi connectivity index (χ4n) is 7.00. The van der Waals surface area contributed by atoms with Crippen LogP contribution in [-0.2, 0) is 26.2 Å². The number of anilines is 1. The van der Waals surface area contributed by atoms with Crippen LogP contribution in [0.25, 0.3) is 28.0 Å². The van der Waals surface area contributed by atoms with Crippen LogP contribution in [0.15, 0.2) is 83.1 Å². The first kappa shape index (κ1) is 39.1. The van der Waals surface area contributed by atoms with Gasteiger partial charge in [-0.15, -0.1) is 9.19 Å². The number of phenolic OH excluding ortho intramolecular Hbond substituents is 1. The Morgan fingerprint density at radius 2 is 1.84 bits per heavy atom. The summed E-state index contributed by atoms with van der Waals surface area (Å²) < 4.78 is 65.8. The minimum Gasteiger partial charge on any atom is -0.507 e. The van der Waals surface area contributed by atoms with Crippen molar-refractivity contribution in [2.75, 3.05) is 31.1 Å². The maximum atomic E-state index is 16.3. The number of hydrogen-bond donors (Lipinski definition) is 1. The molecule has 1 aliphatic rings. The summed E-state index contributed by atoms with van der Waals surface area (Å²) in [7, 11) is -4.00. The van der Waals surface area contributed by atoms with E-state index in [9.17, 15) is 23.1 Å². The van der Waals surface area contributed by atoms with Crippen molar-refractivity contribution in [1.29, 1.82) is 0 Å². The van der Waals surface area contributed by atoms with Crippen molar-refractivity contribution in [3.8, 4) is 22.7 Å². The van der Waals surface area contributed by atoms with Crippen molar-refractivity contribution in [3.05, 3.63) is 112 Å². The van der Waals surface area contributed by atoms with Crippen LogP contribution in [0.5, 0.6) is 5.75 Å². The van der Waals surface area contributed by atoms with E-state index in [1.165, 1.54) is 28.8 Å². The number of fused-ring (bicyclic) bond motifs is 1. The van der Waals surface area contributed by atoms with Crippen LogP contribution in [0, 0.1) is 18.6 Å². The maximum absolute atomic E-state index is 16.3. The third-order valence-corrected chi connectivity index (χ3v) is 11.3. The molecule has 15 nitrogen and oxygen atoms in total. The van der Waals surface area contributed by atoms with Crippen LogP contribution in [0.1, 0.15) is 49.9 Å². The predicted octanol–water partition coefficient (Wildman–Crippen LogP) is 4.73. The van der Waals surface area contributed by atoms with Crippen LogP contribution < -0.4 is 10.6 Å². The van der Waals surface area contributed by atoms with E-state index in [2.05, 4.69) is 25.0 Å². The number of pyridine rings is 2. The number of carbonyl (C=O) groups excluding carboxylic acids is 1. The highest BCUT2D eigenvalue weighted by Crippen LogP contribution is 2.37. The Bertz CT molecular complexity index is 2640. The summed E-state index contributed by atoms with van der Waals surface area (Å²) in [5, 5.41) is 14.5. The number of phenols is 1. The van der Waals surface area contributed by atoms with Crippen LogP contribution in [0.3, 0.4) is 0 Å². The fraction of sp³-hybridized carbons (Fsp3) is 0.308. The van der Waals surface area contributed by atoms with Crippen LogP contribution >= 0.6 is 0 Å².